The molecule has 150 valence electrons. The van der Waals surface area contributed by atoms with E-state index in [0.717, 1.165) is 27.5 Å². The lowest BCUT2D eigenvalue weighted by Gasteiger charge is -2.16. The van der Waals surface area contributed by atoms with Crippen molar-refractivity contribution in [3.05, 3.63) is 89.5 Å². The Labute approximate surface area is 174 Å². The molecule has 0 saturated carbocycles. The second-order valence-electron chi connectivity index (χ2n) is 7.39. The smallest absolute Gasteiger partial charge is 0.239 e. The minimum absolute atomic E-state index is 0.151. The van der Waals surface area contributed by atoms with Crippen LogP contribution in [0.3, 0.4) is 0 Å². The number of nitrogens with one attached hydrogen (secondary N) is 2. The molecule has 0 bridgehead atoms. The molecule has 0 aromatic heterocycles. The highest BCUT2D eigenvalue weighted by Crippen LogP contribution is 2.18. The van der Waals surface area contributed by atoms with Gasteiger partial charge < -0.3 is 10.6 Å². The largest absolute Gasteiger partial charge is 0.347 e. The van der Waals surface area contributed by atoms with Crippen LogP contribution in [0, 0.1) is 0 Å². The summed E-state index contributed by atoms with van der Waals surface area (Å²) in [4.78, 5) is 36.9. The van der Waals surface area contributed by atoms with Gasteiger partial charge in [-0.2, -0.15) is 0 Å². The van der Waals surface area contributed by atoms with Crippen molar-refractivity contribution in [1.29, 1.82) is 0 Å². The van der Waals surface area contributed by atoms with Crippen molar-refractivity contribution in [2.45, 2.75) is 18.9 Å². The average molecular weight is 398 g/mol. The molecule has 1 aliphatic carbocycles. The van der Waals surface area contributed by atoms with Gasteiger partial charge in [-0.25, -0.2) is 0 Å². The van der Waals surface area contributed by atoms with Crippen molar-refractivity contribution in [2.24, 2.45) is 0 Å². The van der Waals surface area contributed by atoms with Crippen LogP contribution in [0.25, 0.3) is 16.8 Å². The average Bonchev–Trinajstić information content (AvgIpc) is 2.91. The lowest BCUT2D eigenvalue weighted by atomic mass is 10.0. The molecule has 4 rings (SSSR count). The topological polar surface area (TPSA) is 75.3 Å². The fourth-order valence-corrected chi connectivity index (χ4v) is 3.63. The van der Waals surface area contributed by atoms with E-state index in [0.29, 0.717) is 6.42 Å². The number of hydrogen-bond donors (Lipinski definition) is 2. The molecule has 2 amide bonds. The summed E-state index contributed by atoms with van der Waals surface area (Å²) < 4.78 is 0. The first-order valence-electron chi connectivity index (χ1n) is 9.92. The lowest BCUT2D eigenvalue weighted by molar-refractivity contribution is -0.127. The molecule has 2 N–H and O–H groups in total. The van der Waals surface area contributed by atoms with Crippen LogP contribution >= 0.6 is 0 Å². The molecule has 5 heteroatoms. The number of rotatable bonds is 5. The number of carbonyl (C=O) groups is 3. The highest BCUT2D eigenvalue weighted by Gasteiger charge is 2.22. The second kappa shape index (κ2) is 8.74. The van der Waals surface area contributed by atoms with Gasteiger partial charge in [-0.1, -0.05) is 72.8 Å². The van der Waals surface area contributed by atoms with E-state index in [4.69, 9.17) is 0 Å². The van der Waals surface area contributed by atoms with E-state index in [1.54, 1.807) is 6.08 Å². The van der Waals surface area contributed by atoms with E-state index in [1.165, 1.54) is 6.08 Å². The predicted octanol–water partition coefficient (Wildman–Crippen LogP) is 2.82. The molecule has 0 heterocycles. The van der Waals surface area contributed by atoms with E-state index in [2.05, 4.69) is 10.6 Å². The van der Waals surface area contributed by atoms with Gasteiger partial charge in [0.15, 0.2) is 5.78 Å². The predicted molar refractivity (Wildman–Crippen MR) is 117 cm³/mol. The molecule has 1 unspecified atom stereocenters. The molecule has 1 atom stereocenters. The first-order chi connectivity index (χ1) is 14.6. The van der Waals surface area contributed by atoms with Crippen LogP contribution in [0.2, 0.25) is 0 Å². The Hall–Kier alpha value is -3.73. The van der Waals surface area contributed by atoms with Crippen molar-refractivity contribution in [3.8, 4) is 0 Å². The Balaban J connectivity index is 1.31. The third kappa shape index (κ3) is 4.63. The number of amides is 2. The first kappa shape index (κ1) is 19.6. The monoisotopic (exact) mass is 398 g/mol. The van der Waals surface area contributed by atoms with Crippen molar-refractivity contribution in [2.75, 3.05) is 6.54 Å². The van der Waals surface area contributed by atoms with E-state index < -0.39 is 6.04 Å². The van der Waals surface area contributed by atoms with Crippen molar-refractivity contribution < 1.29 is 14.4 Å². The van der Waals surface area contributed by atoms with Crippen LogP contribution in [0.1, 0.15) is 16.7 Å². The summed E-state index contributed by atoms with van der Waals surface area (Å²) in [5.74, 6) is -0.770. The fraction of sp³-hybridized carbons (Fsp3) is 0.160. The van der Waals surface area contributed by atoms with Crippen LogP contribution in [0.5, 0.6) is 0 Å². The van der Waals surface area contributed by atoms with Gasteiger partial charge in [-0.15, -0.1) is 0 Å². The Kier molecular flexibility index (Phi) is 5.70. The number of hydrogen-bond acceptors (Lipinski definition) is 3. The van der Waals surface area contributed by atoms with Gasteiger partial charge in [0.1, 0.15) is 0 Å². The highest BCUT2D eigenvalue weighted by atomic mass is 16.2. The van der Waals surface area contributed by atoms with Crippen LogP contribution in [-0.4, -0.2) is 30.2 Å². The van der Waals surface area contributed by atoms with E-state index in [9.17, 15) is 14.4 Å². The van der Waals surface area contributed by atoms with Crippen LogP contribution < -0.4 is 10.6 Å². The summed E-state index contributed by atoms with van der Waals surface area (Å²) in [6, 6.07) is 20.9. The third-order valence-electron chi connectivity index (χ3n) is 5.21. The second-order valence-corrected chi connectivity index (χ2v) is 7.39. The fourth-order valence-electron chi connectivity index (χ4n) is 3.63. The zero-order chi connectivity index (χ0) is 20.9. The Morgan fingerprint density at radius 2 is 1.63 bits per heavy atom. The Bertz CT molecular complexity index is 1150. The van der Waals surface area contributed by atoms with E-state index in [1.807, 2.05) is 66.7 Å². The lowest BCUT2D eigenvalue weighted by Crippen LogP contribution is -2.46. The van der Waals surface area contributed by atoms with Crippen LogP contribution in [0.4, 0.5) is 0 Å². The minimum Gasteiger partial charge on any atom is -0.347 e. The quantitative estimate of drug-likeness (QED) is 0.694. The van der Waals surface area contributed by atoms with E-state index in [-0.39, 0.29) is 30.6 Å². The highest BCUT2D eigenvalue weighted by molar-refractivity contribution is 6.01. The summed E-state index contributed by atoms with van der Waals surface area (Å²) in [6.07, 6.45) is 3.89. The molecule has 3 aromatic rings. The standard InChI is InChI=1S/C25H22N2O3/c28-23-12-11-19-6-2-4-8-21(19)15-22(23)27-25(30)16-26-24(29)14-17-9-10-18-5-1-3-7-20(18)13-17/h1-13,22H,14-16H2,(H,26,29)(H,27,30). The normalized spacial score (nSPS) is 15.3. The summed E-state index contributed by atoms with van der Waals surface area (Å²) >= 11 is 0. The maximum Gasteiger partial charge on any atom is 0.239 e. The van der Waals surface area contributed by atoms with Crippen molar-refractivity contribution in [3.63, 3.8) is 0 Å². The maximum absolute atomic E-state index is 12.3. The van der Waals surface area contributed by atoms with Gasteiger partial charge in [0, 0.05) is 6.42 Å². The summed E-state index contributed by atoms with van der Waals surface area (Å²) in [5.41, 5.74) is 2.86. The Morgan fingerprint density at radius 1 is 0.867 bits per heavy atom. The van der Waals surface area contributed by atoms with Crippen molar-refractivity contribution >= 4 is 34.4 Å². The van der Waals surface area contributed by atoms with Crippen LogP contribution in [0.15, 0.2) is 72.8 Å². The number of ketones is 1. The molecular formula is C25H22N2O3. The van der Waals surface area contributed by atoms with Gasteiger partial charge >= 0.3 is 0 Å². The number of fused-ring (bicyclic) bond motifs is 2. The summed E-state index contributed by atoms with van der Waals surface area (Å²) in [6.45, 7) is -0.165. The molecule has 0 fully saturated rings. The van der Waals surface area contributed by atoms with Gasteiger partial charge in [-0.3, -0.25) is 14.4 Å². The first-order valence-corrected chi connectivity index (χ1v) is 9.92. The Morgan fingerprint density at radius 3 is 2.50 bits per heavy atom. The molecule has 1 aliphatic rings. The number of benzene rings is 3. The molecule has 0 spiro atoms. The van der Waals surface area contributed by atoms with Crippen molar-refractivity contribution in [1.82, 2.24) is 10.6 Å². The van der Waals surface area contributed by atoms with Crippen LogP contribution in [-0.2, 0) is 27.2 Å². The number of carbonyl (C=O) groups excluding carboxylic acids is 3. The van der Waals surface area contributed by atoms with Gasteiger partial charge in [-0.05, 0) is 33.5 Å². The summed E-state index contributed by atoms with van der Waals surface area (Å²) in [5, 5.41) is 7.56. The molecular weight excluding hydrogens is 376 g/mol. The zero-order valence-corrected chi connectivity index (χ0v) is 16.4. The molecule has 5 nitrogen and oxygen atoms in total. The van der Waals surface area contributed by atoms with Gasteiger partial charge in [0.25, 0.3) is 0 Å². The third-order valence-corrected chi connectivity index (χ3v) is 5.21. The minimum atomic E-state index is -0.630. The SMILES string of the molecule is O=C(Cc1ccc2ccccc2c1)NCC(=O)NC1Cc2ccccc2C=CC1=O. The summed E-state index contributed by atoms with van der Waals surface area (Å²) in [7, 11) is 0. The molecule has 3 aromatic carbocycles. The van der Waals surface area contributed by atoms with Gasteiger partial charge in [0.2, 0.25) is 11.8 Å². The molecule has 0 saturated heterocycles. The molecule has 0 aliphatic heterocycles. The zero-order valence-electron chi connectivity index (χ0n) is 16.4. The molecule has 0 radical (unpaired) electrons. The molecule has 30 heavy (non-hydrogen) atoms. The van der Waals surface area contributed by atoms with Gasteiger partial charge in [0.05, 0.1) is 19.0 Å². The van der Waals surface area contributed by atoms with E-state index >= 15 is 0 Å². The maximum atomic E-state index is 12.3.